The lowest BCUT2D eigenvalue weighted by Crippen LogP contribution is -2.22. The Bertz CT molecular complexity index is 540. The molecule has 0 aliphatic carbocycles. The predicted octanol–water partition coefficient (Wildman–Crippen LogP) is 3.31. The van der Waals surface area contributed by atoms with Gasteiger partial charge in [0.2, 0.25) is 0 Å². The molecule has 2 nitrogen and oxygen atoms in total. The van der Waals surface area contributed by atoms with Gasteiger partial charge in [0.25, 0.3) is 0 Å². The fourth-order valence-corrected chi connectivity index (χ4v) is 2.26. The molecule has 0 atom stereocenters. The summed E-state index contributed by atoms with van der Waals surface area (Å²) in [6.45, 7) is 5.02. The quantitative estimate of drug-likeness (QED) is 0.874. The first kappa shape index (κ1) is 14.7. The minimum Gasteiger partial charge on any atom is -0.326 e. The minimum atomic E-state index is -0.220. The fourth-order valence-electron chi connectivity index (χ4n) is 2.26. The van der Waals surface area contributed by atoms with Crippen molar-refractivity contribution >= 4 is 0 Å². The van der Waals surface area contributed by atoms with Crippen LogP contribution in [0, 0.1) is 5.82 Å². The fraction of sp³-hybridized carbons (Fsp3) is 0.294. The average molecular weight is 272 g/mol. The number of benzene rings is 2. The van der Waals surface area contributed by atoms with Gasteiger partial charge in [-0.3, -0.25) is 4.90 Å². The van der Waals surface area contributed by atoms with Crippen molar-refractivity contribution in [3.63, 3.8) is 0 Å². The maximum Gasteiger partial charge on any atom is 0.127 e. The van der Waals surface area contributed by atoms with Gasteiger partial charge in [0, 0.05) is 25.2 Å². The molecule has 0 aromatic heterocycles. The van der Waals surface area contributed by atoms with Crippen molar-refractivity contribution in [2.75, 3.05) is 6.54 Å². The smallest absolute Gasteiger partial charge is 0.127 e. The molecule has 0 heterocycles. The normalized spacial score (nSPS) is 11.0. The van der Waals surface area contributed by atoms with Crippen LogP contribution in [0.1, 0.15) is 23.6 Å². The van der Waals surface area contributed by atoms with E-state index >= 15 is 0 Å². The molecule has 0 unspecified atom stereocenters. The second-order valence-electron chi connectivity index (χ2n) is 4.92. The van der Waals surface area contributed by atoms with E-state index in [9.17, 15) is 4.39 Å². The number of rotatable bonds is 6. The zero-order valence-electron chi connectivity index (χ0n) is 11.8. The Morgan fingerprint density at radius 1 is 1.00 bits per heavy atom. The summed E-state index contributed by atoms with van der Waals surface area (Å²) < 4.78 is 13.4. The van der Waals surface area contributed by atoms with Gasteiger partial charge in [-0.05, 0) is 23.7 Å². The van der Waals surface area contributed by atoms with Crippen LogP contribution >= 0.6 is 0 Å². The molecule has 0 aliphatic heterocycles. The molecule has 2 N–H and O–H groups in total. The van der Waals surface area contributed by atoms with E-state index in [2.05, 4.69) is 24.0 Å². The Kier molecular flexibility index (Phi) is 5.27. The van der Waals surface area contributed by atoms with Gasteiger partial charge in [-0.25, -0.2) is 4.39 Å². The summed E-state index contributed by atoms with van der Waals surface area (Å²) in [6.07, 6.45) is 0. The van der Waals surface area contributed by atoms with Gasteiger partial charge in [-0.1, -0.05) is 49.4 Å². The SMILES string of the molecule is CCN(Cc1ccccc1)Cc1ccc(F)c(CN)c1. The second kappa shape index (κ2) is 7.17. The molecule has 0 aliphatic rings. The van der Waals surface area contributed by atoms with Crippen LogP contribution in [0.15, 0.2) is 48.5 Å². The van der Waals surface area contributed by atoms with Crippen LogP contribution in [0.25, 0.3) is 0 Å². The first-order valence-corrected chi connectivity index (χ1v) is 6.96. The van der Waals surface area contributed by atoms with Crippen LogP contribution < -0.4 is 5.73 Å². The molecule has 2 aromatic carbocycles. The van der Waals surface area contributed by atoms with E-state index in [4.69, 9.17) is 5.73 Å². The zero-order valence-corrected chi connectivity index (χ0v) is 11.8. The van der Waals surface area contributed by atoms with Crippen molar-refractivity contribution in [2.24, 2.45) is 5.73 Å². The molecule has 2 aromatic rings. The van der Waals surface area contributed by atoms with E-state index in [0.29, 0.717) is 5.56 Å². The van der Waals surface area contributed by atoms with Crippen LogP contribution in [0.5, 0.6) is 0 Å². The summed E-state index contributed by atoms with van der Waals surface area (Å²) in [5.74, 6) is -0.220. The van der Waals surface area contributed by atoms with Crippen LogP contribution in [-0.4, -0.2) is 11.4 Å². The van der Waals surface area contributed by atoms with Crippen LogP contribution in [0.4, 0.5) is 4.39 Å². The maximum absolute atomic E-state index is 13.4. The van der Waals surface area contributed by atoms with E-state index in [1.807, 2.05) is 30.3 Å². The maximum atomic E-state index is 13.4. The summed E-state index contributed by atoms with van der Waals surface area (Å²) >= 11 is 0. The van der Waals surface area contributed by atoms with E-state index in [0.717, 1.165) is 25.2 Å². The number of hydrogen-bond donors (Lipinski definition) is 1. The molecule has 2 rings (SSSR count). The third-order valence-corrected chi connectivity index (χ3v) is 3.43. The molecule has 0 amide bonds. The number of nitrogens with zero attached hydrogens (tertiary/aromatic N) is 1. The van der Waals surface area contributed by atoms with Crippen molar-refractivity contribution in [2.45, 2.75) is 26.6 Å². The third kappa shape index (κ3) is 3.89. The van der Waals surface area contributed by atoms with Crippen molar-refractivity contribution in [3.8, 4) is 0 Å². The zero-order chi connectivity index (χ0) is 14.4. The predicted molar refractivity (Wildman–Crippen MR) is 80.5 cm³/mol. The highest BCUT2D eigenvalue weighted by Gasteiger charge is 2.07. The first-order valence-electron chi connectivity index (χ1n) is 6.96. The molecule has 0 saturated carbocycles. The van der Waals surface area contributed by atoms with Gasteiger partial charge in [-0.2, -0.15) is 0 Å². The summed E-state index contributed by atoms with van der Waals surface area (Å²) in [5, 5.41) is 0. The van der Waals surface area contributed by atoms with E-state index < -0.39 is 0 Å². The summed E-state index contributed by atoms with van der Waals surface area (Å²) in [5.41, 5.74) is 8.52. The van der Waals surface area contributed by atoms with Crippen LogP contribution in [0.2, 0.25) is 0 Å². The minimum absolute atomic E-state index is 0.220. The molecular formula is C17H21FN2. The highest BCUT2D eigenvalue weighted by atomic mass is 19.1. The number of nitrogens with two attached hydrogens (primary N) is 1. The van der Waals surface area contributed by atoms with Crippen molar-refractivity contribution in [1.29, 1.82) is 0 Å². The van der Waals surface area contributed by atoms with Crippen molar-refractivity contribution in [1.82, 2.24) is 4.90 Å². The average Bonchev–Trinajstić information content (AvgIpc) is 2.49. The number of halogens is 1. The Balaban J connectivity index is 2.06. The van der Waals surface area contributed by atoms with Crippen molar-refractivity contribution < 1.29 is 4.39 Å². The van der Waals surface area contributed by atoms with Gasteiger partial charge < -0.3 is 5.73 Å². The molecule has 106 valence electrons. The second-order valence-corrected chi connectivity index (χ2v) is 4.92. The molecule has 0 saturated heterocycles. The highest BCUT2D eigenvalue weighted by molar-refractivity contribution is 5.25. The third-order valence-electron chi connectivity index (χ3n) is 3.43. The van der Waals surface area contributed by atoms with Gasteiger partial charge in [0.15, 0.2) is 0 Å². The Morgan fingerprint density at radius 3 is 2.35 bits per heavy atom. The van der Waals surface area contributed by atoms with Crippen LogP contribution in [-0.2, 0) is 19.6 Å². The van der Waals surface area contributed by atoms with Crippen LogP contribution in [0.3, 0.4) is 0 Å². The topological polar surface area (TPSA) is 29.3 Å². The van der Waals surface area contributed by atoms with Gasteiger partial charge in [-0.15, -0.1) is 0 Å². The van der Waals surface area contributed by atoms with Gasteiger partial charge in [0.05, 0.1) is 0 Å². The standard InChI is InChI=1S/C17H21FN2/c1-2-20(12-14-6-4-3-5-7-14)13-15-8-9-17(18)16(10-15)11-19/h3-10H,2,11-13,19H2,1H3. The largest absolute Gasteiger partial charge is 0.326 e. The monoisotopic (exact) mass is 272 g/mol. The van der Waals surface area contributed by atoms with E-state index in [-0.39, 0.29) is 12.4 Å². The van der Waals surface area contributed by atoms with Gasteiger partial charge >= 0.3 is 0 Å². The van der Waals surface area contributed by atoms with E-state index in [1.165, 1.54) is 11.6 Å². The molecule has 3 heteroatoms. The molecule has 20 heavy (non-hydrogen) atoms. The summed E-state index contributed by atoms with van der Waals surface area (Å²) in [6, 6.07) is 15.6. The van der Waals surface area contributed by atoms with Crippen molar-refractivity contribution in [3.05, 3.63) is 71.0 Å². The lowest BCUT2D eigenvalue weighted by atomic mass is 10.1. The summed E-state index contributed by atoms with van der Waals surface area (Å²) in [4.78, 5) is 2.32. The Morgan fingerprint density at radius 2 is 1.70 bits per heavy atom. The summed E-state index contributed by atoms with van der Waals surface area (Å²) in [7, 11) is 0. The van der Waals surface area contributed by atoms with E-state index in [1.54, 1.807) is 0 Å². The molecule has 0 fully saturated rings. The van der Waals surface area contributed by atoms with Gasteiger partial charge in [0.1, 0.15) is 5.82 Å². The molecular weight excluding hydrogens is 251 g/mol. The first-order chi connectivity index (χ1) is 9.72. The Hall–Kier alpha value is -1.71. The molecule has 0 radical (unpaired) electrons. The molecule has 0 bridgehead atoms. The number of hydrogen-bond acceptors (Lipinski definition) is 2. The molecule has 0 spiro atoms. The lowest BCUT2D eigenvalue weighted by molar-refractivity contribution is 0.271. The Labute approximate surface area is 120 Å². The highest BCUT2D eigenvalue weighted by Crippen LogP contribution is 2.14. The lowest BCUT2D eigenvalue weighted by Gasteiger charge is -2.21.